The normalized spacial score (nSPS) is 12.1. The summed E-state index contributed by atoms with van der Waals surface area (Å²) in [4.78, 5) is 11.0. The summed E-state index contributed by atoms with van der Waals surface area (Å²) in [5, 5.41) is 0. The smallest absolute Gasteiger partial charge is 0.333 e. The number of ether oxygens (including phenoxy) is 1. The fourth-order valence-electron chi connectivity index (χ4n) is 1.40. The standard InChI is InChI=1S/C14H24O2/c1-4-5-6-7-8-9-10-11-12-13(2)14(15)16-3/h10-12H,4-9H2,1-3H3/b11-10-,13-12+. The molecule has 0 aromatic rings. The number of allylic oxidation sites excluding steroid dienone is 3. The Morgan fingerprint density at radius 1 is 1.19 bits per heavy atom. The van der Waals surface area contributed by atoms with E-state index in [4.69, 9.17) is 0 Å². The van der Waals surface area contributed by atoms with Gasteiger partial charge < -0.3 is 4.74 Å². The van der Waals surface area contributed by atoms with Crippen LogP contribution in [0.2, 0.25) is 0 Å². The van der Waals surface area contributed by atoms with E-state index in [-0.39, 0.29) is 5.97 Å². The molecular weight excluding hydrogens is 200 g/mol. The first kappa shape index (κ1) is 14.9. The van der Waals surface area contributed by atoms with Crippen molar-refractivity contribution in [3.8, 4) is 0 Å². The van der Waals surface area contributed by atoms with Gasteiger partial charge >= 0.3 is 5.97 Å². The van der Waals surface area contributed by atoms with Gasteiger partial charge in [-0.3, -0.25) is 0 Å². The lowest BCUT2D eigenvalue weighted by atomic mass is 10.1. The summed E-state index contributed by atoms with van der Waals surface area (Å²) in [5.41, 5.74) is 0.643. The summed E-state index contributed by atoms with van der Waals surface area (Å²) >= 11 is 0. The van der Waals surface area contributed by atoms with Gasteiger partial charge in [0.1, 0.15) is 0 Å². The van der Waals surface area contributed by atoms with E-state index in [1.807, 2.05) is 6.08 Å². The van der Waals surface area contributed by atoms with Crippen LogP contribution >= 0.6 is 0 Å². The van der Waals surface area contributed by atoms with Gasteiger partial charge in [-0.25, -0.2) is 4.79 Å². The van der Waals surface area contributed by atoms with E-state index in [1.54, 1.807) is 13.0 Å². The minimum Gasteiger partial charge on any atom is -0.466 e. The molecule has 0 bridgehead atoms. The maximum Gasteiger partial charge on any atom is 0.333 e. The molecule has 0 spiro atoms. The second kappa shape index (κ2) is 10.5. The molecule has 0 heterocycles. The van der Waals surface area contributed by atoms with Crippen molar-refractivity contribution in [1.82, 2.24) is 0 Å². The Morgan fingerprint density at radius 2 is 1.88 bits per heavy atom. The molecule has 0 aliphatic heterocycles. The molecule has 0 fully saturated rings. The van der Waals surface area contributed by atoms with Gasteiger partial charge in [0.15, 0.2) is 0 Å². The summed E-state index contributed by atoms with van der Waals surface area (Å²) in [6, 6.07) is 0. The number of rotatable bonds is 8. The molecule has 0 N–H and O–H groups in total. The average Bonchev–Trinajstić information content (AvgIpc) is 2.31. The van der Waals surface area contributed by atoms with Gasteiger partial charge in [0, 0.05) is 5.57 Å². The molecule has 0 atom stereocenters. The molecule has 0 rings (SSSR count). The molecule has 0 aromatic heterocycles. The molecule has 0 aliphatic carbocycles. The maximum absolute atomic E-state index is 11.0. The molecule has 16 heavy (non-hydrogen) atoms. The zero-order valence-corrected chi connectivity index (χ0v) is 10.8. The fourth-order valence-corrected chi connectivity index (χ4v) is 1.40. The quantitative estimate of drug-likeness (QED) is 0.269. The van der Waals surface area contributed by atoms with Crippen LogP contribution in [0.15, 0.2) is 23.8 Å². The lowest BCUT2D eigenvalue weighted by Crippen LogP contribution is -2.00. The third-order valence-corrected chi connectivity index (χ3v) is 2.46. The van der Waals surface area contributed by atoms with E-state index >= 15 is 0 Å². The predicted octanol–water partition coefficient (Wildman–Crippen LogP) is 4.02. The van der Waals surface area contributed by atoms with Crippen LogP contribution in [0.3, 0.4) is 0 Å². The van der Waals surface area contributed by atoms with Crippen molar-refractivity contribution in [2.24, 2.45) is 0 Å². The van der Waals surface area contributed by atoms with Gasteiger partial charge in [-0.15, -0.1) is 0 Å². The molecule has 2 nitrogen and oxygen atoms in total. The lowest BCUT2D eigenvalue weighted by molar-refractivity contribution is -0.136. The van der Waals surface area contributed by atoms with Gasteiger partial charge in [-0.2, -0.15) is 0 Å². The zero-order chi connectivity index (χ0) is 12.2. The summed E-state index contributed by atoms with van der Waals surface area (Å²) in [6.07, 6.45) is 13.4. The SMILES string of the molecule is CCCCCCC/C=C\C=C(/C)C(=O)OC. The van der Waals surface area contributed by atoms with Crippen LogP contribution in [-0.2, 0) is 9.53 Å². The van der Waals surface area contributed by atoms with E-state index in [2.05, 4.69) is 17.7 Å². The van der Waals surface area contributed by atoms with Gasteiger partial charge in [-0.05, 0) is 19.8 Å². The minimum atomic E-state index is -0.257. The summed E-state index contributed by atoms with van der Waals surface area (Å²) < 4.78 is 4.59. The second-order valence-electron chi connectivity index (χ2n) is 3.97. The molecule has 0 saturated heterocycles. The first-order valence-electron chi connectivity index (χ1n) is 6.14. The molecule has 0 aromatic carbocycles. The Bertz CT molecular complexity index is 239. The number of hydrogen-bond acceptors (Lipinski definition) is 2. The van der Waals surface area contributed by atoms with Crippen LogP contribution in [0.25, 0.3) is 0 Å². The van der Waals surface area contributed by atoms with Crippen molar-refractivity contribution >= 4 is 5.97 Å². The predicted molar refractivity (Wildman–Crippen MR) is 68.3 cm³/mol. The number of unbranched alkanes of at least 4 members (excludes halogenated alkanes) is 5. The van der Waals surface area contributed by atoms with E-state index in [9.17, 15) is 4.79 Å². The van der Waals surface area contributed by atoms with E-state index in [0.29, 0.717) is 5.57 Å². The molecule has 0 unspecified atom stereocenters. The van der Waals surface area contributed by atoms with Gasteiger partial charge in [0.25, 0.3) is 0 Å². The van der Waals surface area contributed by atoms with Crippen molar-refractivity contribution in [1.29, 1.82) is 0 Å². The third-order valence-electron chi connectivity index (χ3n) is 2.46. The van der Waals surface area contributed by atoms with E-state index in [1.165, 1.54) is 39.2 Å². The number of carbonyl (C=O) groups is 1. The van der Waals surface area contributed by atoms with Gasteiger partial charge in [0.05, 0.1) is 7.11 Å². The largest absolute Gasteiger partial charge is 0.466 e. The molecule has 2 heteroatoms. The summed E-state index contributed by atoms with van der Waals surface area (Å²) in [7, 11) is 1.40. The van der Waals surface area contributed by atoms with Crippen LogP contribution in [0, 0.1) is 0 Å². The van der Waals surface area contributed by atoms with Crippen molar-refractivity contribution in [3.05, 3.63) is 23.8 Å². The van der Waals surface area contributed by atoms with E-state index in [0.717, 1.165) is 6.42 Å². The second-order valence-corrected chi connectivity index (χ2v) is 3.97. The number of hydrogen-bond donors (Lipinski definition) is 0. The van der Waals surface area contributed by atoms with Gasteiger partial charge in [0.2, 0.25) is 0 Å². The fraction of sp³-hybridized carbons (Fsp3) is 0.643. The highest BCUT2D eigenvalue weighted by molar-refractivity contribution is 5.87. The number of methoxy groups -OCH3 is 1. The Labute approximate surface area is 99.4 Å². The Kier molecular flexibility index (Phi) is 9.78. The van der Waals surface area contributed by atoms with Crippen molar-refractivity contribution in [2.45, 2.75) is 52.4 Å². The highest BCUT2D eigenvalue weighted by atomic mass is 16.5. The topological polar surface area (TPSA) is 26.3 Å². The molecule has 0 saturated carbocycles. The summed E-state index contributed by atoms with van der Waals surface area (Å²) in [6.45, 7) is 3.98. The molecular formula is C14H24O2. The van der Waals surface area contributed by atoms with Crippen molar-refractivity contribution in [2.75, 3.05) is 7.11 Å². The summed E-state index contributed by atoms with van der Waals surface area (Å²) in [5.74, 6) is -0.257. The number of esters is 1. The Hall–Kier alpha value is -1.05. The minimum absolute atomic E-state index is 0.257. The molecule has 92 valence electrons. The molecule has 0 radical (unpaired) electrons. The van der Waals surface area contributed by atoms with Crippen LogP contribution in [0.1, 0.15) is 52.4 Å². The monoisotopic (exact) mass is 224 g/mol. The highest BCUT2D eigenvalue weighted by Crippen LogP contribution is 2.05. The first-order chi connectivity index (χ1) is 7.72. The molecule has 0 aliphatic rings. The number of carbonyl (C=O) groups excluding carboxylic acids is 1. The van der Waals surface area contributed by atoms with Crippen LogP contribution in [0.5, 0.6) is 0 Å². The molecule has 0 amide bonds. The Morgan fingerprint density at radius 3 is 2.50 bits per heavy atom. The van der Waals surface area contributed by atoms with Crippen molar-refractivity contribution < 1.29 is 9.53 Å². The third kappa shape index (κ3) is 8.27. The zero-order valence-electron chi connectivity index (χ0n) is 10.8. The lowest BCUT2D eigenvalue weighted by Gasteiger charge is -1.96. The van der Waals surface area contributed by atoms with Crippen LogP contribution in [-0.4, -0.2) is 13.1 Å². The Balaban J connectivity index is 3.57. The van der Waals surface area contributed by atoms with E-state index < -0.39 is 0 Å². The van der Waals surface area contributed by atoms with Gasteiger partial charge in [-0.1, -0.05) is 50.8 Å². The van der Waals surface area contributed by atoms with Crippen LogP contribution in [0.4, 0.5) is 0 Å². The highest BCUT2D eigenvalue weighted by Gasteiger charge is 1.99. The first-order valence-corrected chi connectivity index (χ1v) is 6.14. The van der Waals surface area contributed by atoms with Crippen LogP contribution < -0.4 is 0 Å². The maximum atomic E-state index is 11.0. The average molecular weight is 224 g/mol. The van der Waals surface area contributed by atoms with Crippen molar-refractivity contribution in [3.63, 3.8) is 0 Å².